The van der Waals surface area contributed by atoms with Crippen molar-refractivity contribution in [3.05, 3.63) is 29.3 Å². The van der Waals surface area contributed by atoms with Crippen LogP contribution in [0.5, 0.6) is 5.75 Å². The van der Waals surface area contributed by atoms with Gasteiger partial charge in [0.1, 0.15) is 11.4 Å². The van der Waals surface area contributed by atoms with E-state index in [1.54, 1.807) is 7.11 Å². The van der Waals surface area contributed by atoms with Crippen molar-refractivity contribution in [1.29, 1.82) is 0 Å². The summed E-state index contributed by atoms with van der Waals surface area (Å²) in [7, 11) is 1.66. The molecule has 0 aromatic heterocycles. The molecular formula is C17H26N2O3. The molecule has 1 aromatic carbocycles. The molecule has 0 spiro atoms. The van der Waals surface area contributed by atoms with Gasteiger partial charge in [0.05, 0.1) is 13.2 Å². The molecule has 1 unspecified atom stereocenters. The van der Waals surface area contributed by atoms with Gasteiger partial charge in [0, 0.05) is 19.6 Å². The van der Waals surface area contributed by atoms with Gasteiger partial charge < -0.3 is 14.8 Å². The molecule has 5 nitrogen and oxygen atoms in total. The van der Waals surface area contributed by atoms with Crippen molar-refractivity contribution in [2.75, 3.05) is 26.7 Å². The van der Waals surface area contributed by atoms with Crippen molar-refractivity contribution in [1.82, 2.24) is 10.2 Å². The normalized spacial score (nSPS) is 19.0. The van der Waals surface area contributed by atoms with Gasteiger partial charge in [0.15, 0.2) is 0 Å². The van der Waals surface area contributed by atoms with E-state index in [2.05, 4.69) is 5.32 Å². The average molecular weight is 306 g/mol. The Morgan fingerprint density at radius 3 is 2.68 bits per heavy atom. The fourth-order valence-electron chi connectivity index (χ4n) is 2.67. The zero-order valence-corrected chi connectivity index (χ0v) is 14.1. The number of carbonyl (C=O) groups is 1. The molecule has 22 heavy (non-hydrogen) atoms. The van der Waals surface area contributed by atoms with Gasteiger partial charge in [-0.1, -0.05) is 6.07 Å². The van der Waals surface area contributed by atoms with Crippen LogP contribution in [0.15, 0.2) is 18.2 Å². The highest BCUT2D eigenvalue weighted by Crippen LogP contribution is 2.29. The number of carbonyl (C=O) groups excluding carboxylic acids is 1. The van der Waals surface area contributed by atoms with E-state index in [-0.39, 0.29) is 12.1 Å². The number of aryl methyl sites for hydroxylation is 1. The third-order valence-electron chi connectivity index (χ3n) is 3.71. The summed E-state index contributed by atoms with van der Waals surface area (Å²) in [6.07, 6.45) is -0.255. The van der Waals surface area contributed by atoms with E-state index in [0.717, 1.165) is 30.0 Å². The molecule has 1 atom stereocenters. The Kier molecular flexibility index (Phi) is 4.96. The first-order chi connectivity index (χ1) is 10.3. The van der Waals surface area contributed by atoms with Gasteiger partial charge in [0.2, 0.25) is 0 Å². The van der Waals surface area contributed by atoms with Gasteiger partial charge >= 0.3 is 6.09 Å². The highest BCUT2D eigenvalue weighted by atomic mass is 16.6. The Morgan fingerprint density at radius 1 is 1.36 bits per heavy atom. The SMILES string of the molecule is COc1ccc(C2CNCCN2C(=O)OC(C)(C)C)c(C)c1. The molecular weight excluding hydrogens is 280 g/mol. The molecule has 1 heterocycles. The first-order valence-electron chi connectivity index (χ1n) is 7.66. The van der Waals surface area contributed by atoms with Crippen LogP contribution in [0, 0.1) is 6.92 Å². The van der Waals surface area contributed by atoms with Gasteiger partial charge in [-0.05, 0) is 51.0 Å². The van der Waals surface area contributed by atoms with Crippen molar-refractivity contribution in [3.63, 3.8) is 0 Å². The second-order valence-corrected chi connectivity index (χ2v) is 6.62. The summed E-state index contributed by atoms with van der Waals surface area (Å²) in [6, 6.07) is 5.94. The maximum absolute atomic E-state index is 12.5. The molecule has 1 saturated heterocycles. The lowest BCUT2D eigenvalue weighted by atomic mass is 9.98. The van der Waals surface area contributed by atoms with E-state index in [1.165, 1.54) is 0 Å². The molecule has 0 aliphatic carbocycles. The molecule has 1 N–H and O–H groups in total. The highest BCUT2D eigenvalue weighted by molar-refractivity contribution is 5.69. The number of nitrogens with zero attached hydrogens (tertiary/aromatic N) is 1. The molecule has 2 rings (SSSR count). The Morgan fingerprint density at radius 2 is 2.09 bits per heavy atom. The van der Waals surface area contributed by atoms with Gasteiger partial charge in [-0.15, -0.1) is 0 Å². The van der Waals surface area contributed by atoms with Crippen LogP contribution in [0.1, 0.15) is 37.9 Å². The molecule has 1 fully saturated rings. The number of nitrogens with one attached hydrogen (secondary N) is 1. The van der Waals surface area contributed by atoms with Crippen molar-refractivity contribution in [2.24, 2.45) is 0 Å². The van der Waals surface area contributed by atoms with Crippen LogP contribution >= 0.6 is 0 Å². The minimum atomic E-state index is -0.485. The number of hydrogen-bond acceptors (Lipinski definition) is 4. The predicted molar refractivity (Wildman–Crippen MR) is 86.3 cm³/mol. The number of benzene rings is 1. The standard InChI is InChI=1S/C17H26N2O3/c1-12-10-13(21-5)6-7-14(12)15-11-18-8-9-19(15)16(20)22-17(2,3)4/h6-7,10,15,18H,8-9,11H2,1-5H3. The Bertz CT molecular complexity index is 537. The summed E-state index contributed by atoms with van der Waals surface area (Å²) in [6.45, 7) is 9.87. The van der Waals surface area contributed by atoms with E-state index in [9.17, 15) is 4.79 Å². The highest BCUT2D eigenvalue weighted by Gasteiger charge is 2.32. The number of amides is 1. The van der Waals surface area contributed by atoms with Crippen LogP contribution in [-0.2, 0) is 4.74 Å². The van der Waals surface area contributed by atoms with Crippen molar-refractivity contribution in [2.45, 2.75) is 39.3 Å². The van der Waals surface area contributed by atoms with E-state index in [1.807, 2.05) is 50.8 Å². The molecule has 0 radical (unpaired) electrons. The minimum Gasteiger partial charge on any atom is -0.497 e. The van der Waals surface area contributed by atoms with Gasteiger partial charge in [-0.25, -0.2) is 4.79 Å². The maximum Gasteiger partial charge on any atom is 0.410 e. The average Bonchev–Trinajstić information content (AvgIpc) is 2.45. The molecule has 0 bridgehead atoms. The summed E-state index contributed by atoms with van der Waals surface area (Å²) >= 11 is 0. The molecule has 122 valence electrons. The third-order valence-corrected chi connectivity index (χ3v) is 3.71. The first-order valence-corrected chi connectivity index (χ1v) is 7.66. The van der Waals surface area contributed by atoms with Crippen LogP contribution in [0.25, 0.3) is 0 Å². The van der Waals surface area contributed by atoms with E-state index in [4.69, 9.17) is 9.47 Å². The topological polar surface area (TPSA) is 50.8 Å². The summed E-state index contributed by atoms with van der Waals surface area (Å²) in [4.78, 5) is 14.3. The summed E-state index contributed by atoms with van der Waals surface area (Å²) in [5.41, 5.74) is 1.75. The van der Waals surface area contributed by atoms with Crippen LogP contribution in [0.2, 0.25) is 0 Å². The molecule has 1 amide bonds. The zero-order valence-electron chi connectivity index (χ0n) is 14.1. The fourth-order valence-corrected chi connectivity index (χ4v) is 2.67. The minimum absolute atomic E-state index is 0.0190. The van der Waals surface area contributed by atoms with Gasteiger partial charge in [-0.3, -0.25) is 4.90 Å². The third kappa shape index (κ3) is 3.91. The van der Waals surface area contributed by atoms with Crippen molar-refractivity contribution < 1.29 is 14.3 Å². The number of piperazine rings is 1. The van der Waals surface area contributed by atoms with Gasteiger partial charge in [-0.2, -0.15) is 0 Å². The number of hydrogen-bond donors (Lipinski definition) is 1. The van der Waals surface area contributed by atoms with Crippen LogP contribution in [-0.4, -0.2) is 43.3 Å². The fraction of sp³-hybridized carbons (Fsp3) is 0.588. The summed E-state index contributed by atoms with van der Waals surface area (Å²) < 4.78 is 10.8. The van der Waals surface area contributed by atoms with Crippen LogP contribution in [0.3, 0.4) is 0 Å². The zero-order chi connectivity index (χ0) is 16.3. The monoisotopic (exact) mass is 306 g/mol. The second-order valence-electron chi connectivity index (χ2n) is 6.62. The Balaban J connectivity index is 2.24. The smallest absolute Gasteiger partial charge is 0.410 e. The quantitative estimate of drug-likeness (QED) is 0.913. The van der Waals surface area contributed by atoms with Crippen molar-refractivity contribution >= 4 is 6.09 Å². The predicted octanol–water partition coefficient (Wildman–Crippen LogP) is 2.89. The summed E-state index contributed by atoms with van der Waals surface area (Å²) in [5.74, 6) is 0.828. The van der Waals surface area contributed by atoms with E-state index in [0.29, 0.717) is 6.54 Å². The Labute approximate surface area is 132 Å². The number of ether oxygens (including phenoxy) is 2. The molecule has 1 aliphatic rings. The molecule has 5 heteroatoms. The second kappa shape index (κ2) is 6.57. The first kappa shape index (κ1) is 16.6. The lowest BCUT2D eigenvalue weighted by Gasteiger charge is -2.38. The largest absolute Gasteiger partial charge is 0.497 e. The molecule has 1 aliphatic heterocycles. The maximum atomic E-state index is 12.5. The number of rotatable bonds is 2. The lowest BCUT2D eigenvalue weighted by Crippen LogP contribution is -2.50. The van der Waals surface area contributed by atoms with Crippen LogP contribution < -0.4 is 10.1 Å². The molecule has 1 aromatic rings. The lowest BCUT2D eigenvalue weighted by molar-refractivity contribution is 0.0117. The Hall–Kier alpha value is -1.75. The molecule has 0 saturated carbocycles. The van der Waals surface area contributed by atoms with E-state index < -0.39 is 5.60 Å². The summed E-state index contributed by atoms with van der Waals surface area (Å²) in [5, 5.41) is 3.36. The van der Waals surface area contributed by atoms with E-state index >= 15 is 0 Å². The van der Waals surface area contributed by atoms with Crippen molar-refractivity contribution in [3.8, 4) is 5.75 Å². The van der Waals surface area contributed by atoms with Crippen LogP contribution in [0.4, 0.5) is 4.79 Å². The number of methoxy groups -OCH3 is 1. The van der Waals surface area contributed by atoms with Gasteiger partial charge in [0.25, 0.3) is 0 Å².